The summed E-state index contributed by atoms with van der Waals surface area (Å²) in [7, 11) is 0. The van der Waals surface area contributed by atoms with Crippen molar-refractivity contribution < 1.29 is 4.74 Å². The van der Waals surface area contributed by atoms with Crippen LogP contribution in [0, 0.1) is 13.8 Å². The number of halogens is 1. The third-order valence-electron chi connectivity index (χ3n) is 3.04. The molecule has 0 saturated carbocycles. The number of aromatic nitrogens is 1. The molecule has 0 radical (unpaired) electrons. The first-order valence-corrected chi connectivity index (χ1v) is 7.08. The van der Waals surface area contributed by atoms with E-state index in [-0.39, 0.29) is 0 Å². The average molecular weight is 291 g/mol. The molecular weight excluding hydrogens is 272 g/mol. The molecule has 0 bridgehead atoms. The number of rotatable bonds is 5. The third-order valence-corrected chi connectivity index (χ3v) is 3.64. The van der Waals surface area contributed by atoms with Gasteiger partial charge in [0.15, 0.2) is 0 Å². The zero-order valence-electron chi connectivity index (χ0n) is 12.0. The van der Waals surface area contributed by atoms with Crippen molar-refractivity contribution in [2.24, 2.45) is 0 Å². The maximum atomic E-state index is 6.17. The quantitative estimate of drug-likeness (QED) is 0.894. The van der Waals surface area contributed by atoms with Gasteiger partial charge < -0.3 is 10.1 Å². The van der Waals surface area contributed by atoms with Gasteiger partial charge in [-0.05, 0) is 49.7 Å². The molecule has 106 valence electrons. The Labute approximate surface area is 124 Å². The zero-order valence-corrected chi connectivity index (χ0v) is 12.8. The number of nitrogens with zero attached hydrogens (tertiary/aromatic N) is 1. The van der Waals surface area contributed by atoms with Gasteiger partial charge in [-0.1, -0.05) is 24.6 Å². The van der Waals surface area contributed by atoms with Gasteiger partial charge in [0.2, 0.25) is 5.88 Å². The monoisotopic (exact) mass is 290 g/mol. The van der Waals surface area contributed by atoms with E-state index in [1.807, 2.05) is 38.1 Å². The Morgan fingerprint density at radius 1 is 1.25 bits per heavy atom. The Hall–Kier alpha value is -1.58. The van der Waals surface area contributed by atoms with Crippen molar-refractivity contribution in [2.75, 3.05) is 6.54 Å². The second-order valence-electron chi connectivity index (χ2n) is 4.72. The minimum atomic E-state index is 0.634. The van der Waals surface area contributed by atoms with Gasteiger partial charge in [-0.15, -0.1) is 0 Å². The number of hydrogen-bond donors (Lipinski definition) is 1. The molecule has 1 aromatic carbocycles. The van der Waals surface area contributed by atoms with E-state index in [9.17, 15) is 0 Å². The summed E-state index contributed by atoms with van der Waals surface area (Å²) in [5.41, 5.74) is 3.05. The lowest BCUT2D eigenvalue weighted by Gasteiger charge is -2.12. The van der Waals surface area contributed by atoms with Gasteiger partial charge in [0.1, 0.15) is 5.75 Å². The number of hydrogen-bond acceptors (Lipinski definition) is 3. The summed E-state index contributed by atoms with van der Waals surface area (Å²) in [5.74, 6) is 1.40. The van der Waals surface area contributed by atoms with Crippen LogP contribution in [-0.4, -0.2) is 11.5 Å². The van der Waals surface area contributed by atoms with Gasteiger partial charge in [0, 0.05) is 23.3 Å². The summed E-state index contributed by atoms with van der Waals surface area (Å²) >= 11 is 6.17. The molecular formula is C16H19ClN2O. The van der Waals surface area contributed by atoms with Gasteiger partial charge >= 0.3 is 0 Å². The zero-order chi connectivity index (χ0) is 14.5. The maximum Gasteiger partial charge on any atom is 0.223 e. The molecule has 1 aromatic heterocycles. The van der Waals surface area contributed by atoms with Gasteiger partial charge in [0.25, 0.3) is 0 Å². The predicted octanol–water partition coefficient (Wildman–Crippen LogP) is 4.25. The molecule has 0 spiro atoms. The highest BCUT2D eigenvalue weighted by molar-refractivity contribution is 6.32. The molecule has 2 aromatic rings. The van der Waals surface area contributed by atoms with Crippen LogP contribution in [0.4, 0.5) is 0 Å². The van der Waals surface area contributed by atoms with E-state index in [4.69, 9.17) is 16.3 Å². The molecule has 3 nitrogen and oxygen atoms in total. The van der Waals surface area contributed by atoms with E-state index in [1.54, 1.807) is 6.20 Å². The Kier molecular flexibility index (Phi) is 4.99. The van der Waals surface area contributed by atoms with Crippen molar-refractivity contribution in [2.45, 2.75) is 27.3 Å². The molecule has 0 aliphatic rings. The lowest BCUT2D eigenvalue weighted by atomic mass is 10.1. The fourth-order valence-electron chi connectivity index (χ4n) is 1.99. The largest absolute Gasteiger partial charge is 0.439 e. The minimum Gasteiger partial charge on any atom is -0.439 e. The van der Waals surface area contributed by atoms with E-state index in [2.05, 4.69) is 17.2 Å². The molecule has 0 unspecified atom stereocenters. The van der Waals surface area contributed by atoms with Crippen LogP contribution in [0.3, 0.4) is 0 Å². The SMILES string of the molecule is CCNCc1cccnc1Oc1cc(C)c(Cl)c(C)c1. The number of aryl methyl sites for hydroxylation is 2. The molecule has 20 heavy (non-hydrogen) atoms. The highest BCUT2D eigenvalue weighted by Gasteiger charge is 2.08. The Balaban J connectivity index is 2.26. The lowest BCUT2D eigenvalue weighted by molar-refractivity contribution is 0.452. The van der Waals surface area contributed by atoms with Crippen molar-refractivity contribution in [1.82, 2.24) is 10.3 Å². The molecule has 0 fully saturated rings. The third kappa shape index (κ3) is 3.50. The first-order valence-electron chi connectivity index (χ1n) is 6.71. The van der Waals surface area contributed by atoms with Crippen LogP contribution >= 0.6 is 11.6 Å². The summed E-state index contributed by atoms with van der Waals surface area (Å²) in [6.45, 7) is 7.67. The first-order chi connectivity index (χ1) is 9.61. The van der Waals surface area contributed by atoms with E-state index in [0.29, 0.717) is 5.88 Å². The predicted molar refractivity (Wildman–Crippen MR) is 82.6 cm³/mol. The number of nitrogens with one attached hydrogen (secondary N) is 1. The Morgan fingerprint density at radius 2 is 1.95 bits per heavy atom. The molecule has 1 N–H and O–H groups in total. The Morgan fingerprint density at radius 3 is 2.60 bits per heavy atom. The van der Waals surface area contributed by atoms with Crippen LogP contribution in [0.5, 0.6) is 11.6 Å². The van der Waals surface area contributed by atoms with Crippen LogP contribution in [0.1, 0.15) is 23.6 Å². The van der Waals surface area contributed by atoms with Crippen molar-refractivity contribution in [1.29, 1.82) is 0 Å². The molecule has 2 rings (SSSR count). The van der Waals surface area contributed by atoms with Gasteiger partial charge in [-0.25, -0.2) is 4.98 Å². The Bertz CT molecular complexity index is 576. The van der Waals surface area contributed by atoms with E-state index >= 15 is 0 Å². The summed E-state index contributed by atoms with van der Waals surface area (Å²) in [5, 5.41) is 4.07. The van der Waals surface area contributed by atoms with Crippen molar-refractivity contribution in [3.05, 3.63) is 52.2 Å². The lowest BCUT2D eigenvalue weighted by Crippen LogP contribution is -2.12. The molecule has 1 heterocycles. The number of pyridine rings is 1. The fourth-order valence-corrected chi connectivity index (χ4v) is 2.10. The highest BCUT2D eigenvalue weighted by atomic mass is 35.5. The summed E-state index contributed by atoms with van der Waals surface area (Å²) in [6, 6.07) is 7.79. The van der Waals surface area contributed by atoms with Crippen LogP contribution in [0.25, 0.3) is 0 Å². The minimum absolute atomic E-state index is 0.634. The fraction of sp³-hybridized carbons (Fsp3) is 0.312. The van der Waals surface area contributed by atoms with E-state index in [0.717, 1.165) is 40.6 Å². The van der Waals surface area contributed by atoms with Crippen LogP contribution in [0.2, 0.25) is 5.02 Å². The molecule has 0 amide bonds. The smallest absolute Gasteiger partial charge is 0.223 e. The number of ether oxygens (including phenoxy) is 1. The summed E-state index contributed by atoms with van der Waals surface area (Å²) < 4.78 is 5.91. The van der Waals surface area contributed by atoms with E-state index < -0.39 is 0 Å². The first kappa shape index (κ1) is 14.8. The topological polar surface area (TPSA) is 34.2 Å². The van der Waals surface area contributed by atoms with Crippen LogP contribution < -0.4 is 10.1 Å². The normalized spacial score (nSPS) is 10.6. The molecule has 0 aliphatic carbocycles. The van der Waals surface area contributed by atoms with E-state index in [1.165, 1.54) is 0 Å². The van der Waals surface area contributed by atoms with Crippen LogP contribution in [-0.2, 0) is 6.54 Å². The standard InChI is InChI=1S/C16H19ClN2O/c1-4-18-10-13-6-5-7-19-16(13)20-14-8-11(2)15(17)12(3)9-14/h5-9,18H,4,10H2,1-3H3. The summed E-state index contributed by atoms with van der Waals surface area (Å²) in [6.07, 6.45) is 1.74. The second-order valence-corrected chi connectivity index (χ2v) is 5.10. The molecule has 0 saturated heterocycles. The van der Waals surface area contributed by atoms with Gasteiger partial charge in [0.05, 0.1) is 0 Å². The molecule has 0 atom stereocenters. The van der Waals surface area contributed by atoms with Crippen molar-refractivity contribution in [3.63, 3.8) is 0 Å². The van der Waals surface area contributed by atoms with Gasteiger partial charge in [-0.2, -0.15) is 0 Å². The average Bonchev–Trinajstić information content (AvgIpc) is 2.44. The van der Waals surface area contributed by atoms with Gasteiger partial charge in [-0.3, -0.25) is 0 Å². The number of benzene rings is 1. The van der Waals surface area contributed by atoms with Crippen molar-refractivity contribution in [3.8, 4) is 11.6 Å². The maximum absolute atomic E-state index is 6.17. The highest BCUT2D eigenvalue weighted by Crippen LogP contribution is 2.29. The molecule has 4 heteroatoms. The van der Waals surface area contributed by atoms with Crippen LogP contribution in [0.15, 0.2) is 30.5 Å². The summed E-state index contributed by atoms with van der Waals surface area (Å²) in [4.78, 5) is 4.31. The van der Waals surface area contributed by atoms with Crippen molar-refractivity contribution >= 4 is 11.6 Å². The second kappa shape index (κ2) is 6.73. The molecule has 0 aliphatic heterocycles.